The molecule has 18 heavy (non-hydrogen) atoms. The van der Waals surface area contributed by atoms with Crippen molar-refractivity contribution in [3.63, 3.8) is 0 Å². The maximum absolute atomic E-state index is 11.9. The lowest BCUT2D eigenvalue weighted by Gasteiger charge is -2.18. The summed E-state index contributed by atoms with van der Waals surface area (Å²) in [5.41, 5.74) is 0.942. The third kappa shape index (κ3) is 5.87. The maximum Gasteiger partial charge on any atom is 0.224 e. The summed E-state index contributed by atoms with van der Waals surface area (Å²) in [6.45, 7) is 4.30. The van der Waals surface area contributed by atoms with Gasteiger partial charge in [0.05, 0.1) is 6.42 Å². The highest BCUT2D eigenvalue weighted by molar-refractivity contribution is 9.09. The minimum Gasteiger partial charge on any atom is -0.352 e. The average Bonchev–Trinajstić information content (AvgIpc) is 2.27. The van der Waals surface area contributed by atoms with Crippen molar-refractivity contribution in [2.75, 3.05) is 5.33 Å². The van der Waals surface area contributed by atoms with Gasteiger partial charge in [0.2, 0.25) is 5.91 Å². The Morgan fingerprint density at radius 3 is 2.72 bits per heavy atom. The fourth-order valence-electron chi connectivity index (χ4n) is 1.84. The number of benzene rings is 1. The van der Waals surface area contributed by atoms with E-state index < -0.39 is 0 Å². The number of hydrogen-bond acceptors (Lipinski definition) is 1. The van der Waals surface area contributed by atoms with E-state index in [1.165, 1.54) is 0 Å². The Morgan fingerprint density at radius 1 is 1.44 bits per heavy atom. The summed E-state index contributed by atoms with van der Waals surface area (Å²) in [4.78, 5) is 11.9. The van der Waals surface area contributed by atoms with Crippen molar-refractivity contribution in [3.05, 3.63) is 34.9 Å². The highest BCUT2D eigenvalue weighted by atomic mass is 79.9. The Balaban J connectivity index is 2.50. The van der Waals surface area contributed by atoms with E-state index in [1.807, 2.05) is 24.3 Å². The predicted octanol–water partition coefficient (Wildman–Crippen LogP) is 3.81. The van der Waals surface area contributed by atoms with Gasteiger partial charge in [-0.3, -0.25) is 4.79 Å². The van der Waals surface area contributed by atoms with Crippen LogP contribution in [0.4, 0.5) is 0 Å². The number of carbonyl (C=O) groups excluding carboxylic acids is 1. The lowest BCUT2D eigenvalue weighted by atomic mass is 10.0. The third-order valence-corrected chi connectivity index (χ3v) is 3.58. The number of halogens is 2. The quantitative estimate of drug-likeness (QED) is 0.789. The molecule has 0 bridgehead atoms. The molecule has 0 fully saturated rings. The number of nitrogens with one attached hydrogen (secondary N) is 1. The van der Waals surface area contributed by atoms with Crippen LogP contribution in [0.15, 0.2) is 24.3 Å². The predicted molar refractivity (Wildman–Crippen MR) is 80.3 cm³/mol. The summed E-state index contributed by atoms with van der Waals surface area (Å²) < 4.78 is 0. The Hall–Kier alpha value is -0.540. The van der Waals surface area contributed by atoms with Crippen LogP contribution in [0.2, 0.25) is 5.02 Å². The molecule has 0 aromatic heterocycles. The number of carbonyl (C=O) groups is 1. The van der Waals surface area contributed by atoms with E-state index in [-0.39, 0.29) is 11.9 Å². The Labute approximate surface area is 122 Å². The highest BCUT2D eigenvalue weighted by Gasteiger charge is 2.13. The summed E-state index contributed by atoms with van der Waals surface area (Å²) in [6, 6.07) is 7.60. The second kappa shape index (κ2) is 7.80. The van der Waals surface area contributed by atoms with Crippen molar-refractivity contribution >= 4 is 33.4 Å². The molecule has 1 atom stereocenters. The van der Waals surface area contributed by atoms with Crippen LogP contribution < -0.4 is 5.32 Å². The molecule has 0 heterocycles. The molecule has 2 nitrogen and oxygen atoms in total. The molecule has 4 heteroatoms. The van der Waals surface area contributed by atoms with Gasteiger partial charge in [0, 0.05) is 16.4 Å². The molecule has 0 aliphatic carbocycles. The first-order valence-electron chi connectivity index (χ1n) is 6.11. The maximum atomic E-state index is 11.9. The summed E-state index contributed by atoms with van der Waals surface area (Å²) >= 11 is 9.33. The van der Waals surface area contributed by atoms with Crippen LogP contribution >= 0.6 is 27.5 Å². The lowest BCUT2D eigenvalue weighted by Crippen LogP contribution is -2.37. The number of alkyl halides is 1. The molecule has 1 amide bonds. The summed E-state index contributed by atoms with van der Waals surface area (Å²) in [7, 11) is 0. The van der Waals surface area contributed by atoms with Crippen molar-refractivity contribution in [2.45, 2.75) is 32.7 Å². The van der Waals surface area contributed by atoms with E-state index >= 15 is 0 Å². The molecule has 0 aliphatic rings. The molecule has 0 saturated heterocycles. The van der Waals surface area contributed by atoms with Crippen LogP contribution in [0.25, 0.3) is 0 Å². The number of amides is 1. The Morgan fingerprint density at radius 2 is 2.17 bits per heavy atom. The van der Waals surface area contributed by atoms with Crippen LogP contribution in [0, 0.1) is 5.92 Å². The molecular formula is C14H19BrClNO. The average molecular weight is 333 g/mol. The van der Waals surface area contributed by atoms with Gasteiger partial charge >= 0.3 is 0 Å². The number of rotatable bonds is 6. The number of hydrogen-bond donors (Lipinski definition) is 1. The zero-order valence-electron chi connectivity index (χ0n) is 10.7. The highest BCUT2D eigenvalue weighted by Crippen LogP contribution is 2.12. The van der Waals surface area contributed by atoms with Gasteiger partial charge in [-0.25, -0.2) is 0 Å². The van der Waals surface area contributed by atoms with Crippen molar-refractivity contribution in [3.8, 4) is 0 Å². The van der Waals surface area contributed by atoms with Crippen LogP contribution in [-0.4, -0.2) is 17.3 Å². The molecule has 1 aromatic carbocycles. The van der Waals surface area contributed by atoms with Gasteiger partial charge in [-0.1, -0.05) is 53.5 Å². The van der Waals surface area contributed by atoms with Gasteiger partial charge in [0.1, 0.15) is 0 Å². The van der Waals surface area contributed by atoms with Crippen LogP contribution in [0.1, 0.15) is 25.8 Å². The molecule has 0 radical (unpaired) electrons. The second-order valence-electron chi connectivity index (χ2n) is 4.85. The zero-order chi connectivity index (χ0) is 13.5. The van der Waals surface area contributed by atoms with Gasteiger partial charge in [-0.05, 0) is 30.0 Å². The van der Waals surface area contributed by atoms with E-state index in [0.29, 0.717) is 17.4 Å². The van der Waals surface area contributed by atoms with Crippen molar-refractivity contribution in [1.29, 1.82) is 0 Å². The van der Waals surface area contributed by atoms with Gasteiger partial charge in [-0.15, -0.1) is 0 Å². The monoisotopic (exact) mass is 331 g/mol. The molecule has 0 aliphatic heterocycles. The third-order valence-electron chi connectivity index (χ3n) is 2.56. The smallest absolute Gasteiger partial charge is 0.224 e. The SMILES string of the molecule is CC(C)CC(CBr)NC(=O)Cc1cccc(Cl)c1. The van der Waals surface area contributed by atoms with Crippen molar-refractivity contribution in [2.24, 2.45) is 5.92 Å². The molecule has 0 spiro atoms. The first kappa shape index (κ1) is 15.5. The topological polar surface area (TPSA) is 29.1 Å². The van der Waals surface area contributed by atoms with Gasteiger partial charge in [-0.2, -0.15) is 0 Å². The summed E-state index contributed by atoms with van der Waals surface area (Å²) in [6.07, 6.45) is 1.36. The molecule has 100 valence electrons. The zero-order valence-corrected chi connectivity index (χ0v) is 13.1. The second-order valence-corrected chi connectivity index (χ2v) is 5.94. The largest absolute Gasteiger partial charge is 0.352 e. The fraction of sp³-hybridized carbons (Fsp3) is 0.500. The van der Waals surface area contributed by atoms with Crippen LogP contribution in [0.5, 0.6) is 0 Å². The van der Waals surface area contributed by atoms with Crippen LogP contribution in [0.3, 0.4) is 0 Å². The molecule has 1 rings (SSSR count). The Kier molecular flexibility index (Phi) is 6.72. The van der Waals surface area contributed by atoms with Crippen LogP contribution in [-0.2, 0) is 11.2 Å². The van der Waals surface area contributed by atoms with E-state index in [0.717, 1.165) is 17.3 Å². The van der Waals surface area contributed by atoms with E-state index in [2.05, 4.69) is 35.1 Å². The first-order chi connectivity index (χ1) is 8.51. The van der Waals surface area contributed by atoms with Crippen molar-refractivity contribution in [1.82, 2.24) is 5.32 Å². The van der Waals surface area contributed by atoms with Gasteiger partial charge in [0.15, 0.2) is 0 Å². The first-order valence-corrected chi connectivity index (χ1v) is 7.61. The normalized spacial score (nSPS) is 12.5. The minimum atomic E-state index is 0.0439. The lowest BCUT2D eigenvalue weighted by molar-refractivity contribution is -0.121. The molecular weight excluding hydrogens is 314 g/mol. The standard InChI is InChI=1S/C14H19BrClNO/c1-10(2)6-13(9-15)17-14(18)8-11-4-3-5-12(16)7-11/h3-5,7,10,13H,6,8-9H2,1-2H3,(H,17,18). The molecule has 1 N–H and O–H groups in total. The molecule has 0 saturated carbocycles. The molecule has 1 unspecified atom stereocenters. The van der Waals surface area contributed by atoms with Crippen molar-refractivity contribution < 1.29 is 4.79 Å². The van der Waals surface area contributed by atoms with Gasteiger partial charge in [0.25, 0.3) is 0 Å². The summed E-state index contributed by atoms with van der Waals surface area (Å²) in [5.74, 6) is 0.612. The van der Waals surface area contributed by atoms with E-state index in [9.17, 15) is 4.79 Å². The van der Waals surface area contributed by atoms with E-state index in [4.69, 9.17) is 11.6 Å². The minimum absolute atomic E-state index is 0.0439. The Bertz CT molecular complexity index is 395. The van der Waals surface area contributed by atoms with E-state index in [1.54, 1.807) is 0 Å². The molecule has 1 aromatic rings. The fourth-order valence-corrected chi connectivity index (χ4v) is 2.48. The van der Waals surface area contributed by atoms with Gasteiger partial charge < -0.3 is 5.32 Å². The summed E-state index contributed by atoms with van der Waals surface area (Å²) in [5, 5.41) is 4.49.